The minimum Gasteiger partial charge on any atom is -0.421 e. The number of halogens is 1. The fraction of sp³-hybridized carbons (Fsp3) is 0.214. The predicted octanol–water partition coefficient (Wildman–Crippen LogP) is 3.15. The van der Waals surface area contributed by atoms with Crippen molar-refractivity contribution in [2.24, 2.45) is 0 Å². The van der Waals surface area contributed by atoms with E-state index in [4.69, 9.17) is 4.74 Å². The van der Waals surface area contributed by atoms with Crippen molar-refractivity contribution < 1.29 is 13.9 Å². The molecule has 1 aromatic heterocycles. The molecule has 0 fully saturated rings. The van der Waals surface area contributed by atoms with Gasteiger partial charge in [0, 0.05) is 6.42 Å². The van der Waals surface area contributed by atoms with Gasteiger partial charge in [-0.3, -0.25) is 4.79 Å². The maximum absolute atomic E-state index is 13.4. The van der Waals surface area contributed by atoms with E-state index in [-0.39, 0.29) is 17.7 Å². The molecular weight excluding hydrogens is 261 g/mol. The monoisotopic (exact) mass is 275 g/mol. The summed E-state index contributed by atoms with van der Waals surface area (Å²) in [6, 6.07) is 6.00. The zero-order chi connectivity index (χ0) is 14.4. The third kappa shape index (κ3) is 3.74. The lowest BCUT2D eigenvalue weighted by Gasteiger charge is -2.06. The lowest BCUT2D eigenvalue weighted by Crippen LogP contribution is -2.11. The minimum atomic E-state index is -0.489. The fourth-order valence-corrected chi connectivity index (χ4v) is 1.51. The van der Waals surface area contributed by atoms with Crippen LogP contribution in [0.4, 0.5) is 10.1 Å². The van der Waals surface area contributed by atoms with Crippen LogP contribution in [0.5, 0.6) is 11.8 Å². The van der Waals surface area contributed by atoms with Crippen LogP contribution in [0, 0.1) is 5.82 Å². The molecule has 2 rings (SSSR count). The van der Waals surface area contributed by atoms with Crippen molar-refractivity contribution in [1.82, 2.24) is 9.97 Å². The Morgan fingerprint density at radius 1 is 1.30 bits per heavy atom. The van der Waals surface area contributed by atoms with E-state index in [1.165, 1.54) is 24.5 Å². The van der Waals surface area contributed by atoms with E-state index in [0.717, 1.165) is 6.42 Å². The molecule has 0 bridgehead atoms. The topological polar surface area (TPSA) is 64.1 Å². The molecule has 0 aliphatic heterocycles. The van der Waals surface area contributed by atoms with Gasteiger partial charge in [0.05, 0.1) is 18.1 Å². The summed E-state index contributed by atoms with van der Waals surface area (Å²) >= 11 is 0. The molecule has 1 amide bonds. The van der Waals surface area contributed by atoms with Gasteiger partial charge < -0.3 is 10.1 Å². The third-order valence-electron chi connectivity index (χ3n) is 2.43. The summed E-state index contributed by atoms with van der Waals surface area (Å²) in [5.41, 5.74) is 0.476. The van der Waals surface area contributed by atoms with Gasteiger partial charge in [-0.2, -0.15) is 0 Å². The van der Waals surface area contributed by atoms with Crippen molar-refractivity contribution in [2.45, 2.75) is 19.8 Å². The summed E-state index contributed by atoms with van der Waals surface area (Å²) in [4.78, 5) is 19.2. The first-order valence-electron chi connectivity index (χ1n) is 6.23. The van der Waals surface area contributed by atoms with Crippen molar-refractivity contribution >= 4 is 11.6 Å². The van der Waals surface area contributed by atoms with E-state index in [0.29, 0.717) is 12.1 Å². The summed E-state index contributed by atoms with van der Waals surface area (Å²) in [6.45, 7) is 1.92. The number of carbonyl (C=O) groups is 1. The van der Waals surface area contributed by atoms with Gasteiger partial charge in [0.15, 0.2) is 11.6 Å². The second kappa shape index (κ2) is 6.60. The number of benzene rings is 1. The lowest BCUT2D eigenvalue weighted by atomic mass is 10.3. The highest BCUT2D eigenvalue weighted by Gasteiger charge is 2.06. The average Bonchev–Trinajstić information content (AvgIpc) is 2.44. The number of ether oxygens (including phenoxy) is 1. The number of anilines is 1. The SMILES string of the molecule is CCCC(=O)Nc1cnc(Oc2ccccc2F)nc1. The molecule has 0 saturated carbocycles. The van der Waals surface area contributed by atoms with Crippen LogP contribution in [0.3, 0.4) is 0 Å². The number of hydrogen-bond acceptors (Lipinski definition) is 4. The van der Waals surface area contributed by atoms with Gasteiger partial charge in [0.25, 0.3) is 0 Å². The number of nitrogens with one attached hydrogen (secondary N) is 1. The van der Waals surface area contributed by atoms with Crippen LogP contribution in [0.1, 0.15) is 19.8 Å². The quantitative estimate of drug-likeness (QED) is 0.910. The second-order valence-corrected chi connectivity index (χ2v) is 4.08. The van der Waals surface area contributed by atoms with E-state index in [1.807, 2.05) is 6.92 Å². The molecule has 0 spiro atoms. The highest BCUT2D eigenvalue weighted by atomic mass is 19.1. The first kappa shape index (κ1) is 13.9. The number of amides is 1. The molecule has 104 valence electrons. The van der Waals surface area contributed by atoms with Crippen molar-refractivity contribution in [3.05, 3.63) is 42.5 Å². The Balaban J connectivity index is 2.02. The molecular formula is C14H14FN3O2. The molecule has 1 heterocycles. The Hall–Kier alpha value is -2.50. The number of aromatic nitrogens is 2. The summed E-state index contributed by atoms with van der Waals surface area (Å²) in [5.74, 6) is -0.537. The molecule has 0 radical (unpaired) electrons. The summed E-state index contributed by atoms with van der Waals surface area (Å²) in [6.07, 6.45) is 4.03. The maximum Gasteiger partial charge on any atom is 0.322 e. The summed E-state index contributed by atoms with van der Waals surface area (Å²) in [5, 5.41) is 2.65. The highest BCUT2D eigenvalue weighted by Crippen LogP contribution is 2.21. The maximum atomic E-state index is 13.4. The summed E-state index contributed by atoms with van der Waals surface area (Å²) < 4.78 is 18.6. The Bertz CT molecular complexity index is 587. The fourth-order valence-electron chi connectivity index (χ4n) is 1.51. The highest BCUT2D eigenvalue weighted by molar-refractivity contribution is 5.90. The number of hydrogen-bond donors (Lipinski definition) is 1. The minimum absolute atomic E-state index is 0.0172. The zero-order valence-electron chi connectivity index (χ0n) is 11.0. The molecule has 1 N–H and O–H groups in total. The van der Waals surface area contributed by atoms with Gasteiger partial charge in [0.1, 0.15) is 0 Å². The standard InChI is InChI=1S/C14H14FN3O2/c1-2-5-13(19)18-10-8-16-14(17-9-10)20-12-7-4-3-6-11(12)15/h3-4,6-9H,2,5H2,1H3,(H,18,19). The summed E-state index contributed by atoms with van der Waals surface area (Å²) in [7, 11) is 0. The zero-order valence-corrected chi connectivity index (χ0v) is 11.0. The van der Waals surface area contributed by atoms with Gasteiger partial charge in [-0.15, -0.1) is 0 Å². The molecule has 1 aromatic carbocycles. The Morgan fingerprint density at radius 2 is 2.00 bits per heavy atom. The van der Waals surface area contributed by atoms with Gasteiger partial charge in [-0.05, 0) is 18.6 Å². The van der Waals surface area contributed by atoms with Crippen molar-refractivity contribution in [2.75, 3.05) is 5.32 Å². The smallest absolute Gasteiger partial charge is 0.322 e. The van der Waals surface area contributed by atoms with E-state index in [1.54, 1.807) is 12.1 Å². The number of rotatable bonds is 5. The first-order chi connectivity index (χ1) is 9.69. The van der Waals surface area contributed by atoms with Crippen LogP contribution in [0.25, 0.3) is 0 Å². The Morgan fingerprint density at radius 3 is 2.65 bits per heavy atom. The van der Waals surface area contributed by atoms with Crippen LogP contribution in [0.15, 0.2) is 36.7 Å². The molecule has 5 nitrogen and oxygen atoms in total. The molecule has 0 unspecified atom stereocenters. The molecule has 0 aliphatic carbocycles. The van der Waals surface area contributed by atoms with Gasteiger partial charge in [0.2, 0.25) is 5.91 Å². The van der Waals surface area contributed by atoms with Gasteiger partial charge in [-0.1, -0.05) is 19.1 Å². The average molecular weight is 275 g/mol. The van der Waals surface area contributed by atoms with Crippen molar-refractivity contribution in [3.8, 4) is 11.8 Å². The Labute approximate surface area is 115 Å². The van der Waals surface area contributed by atoms with Crippen LogP contribution >= 0.6 is 0 Å². The number of para-hydroxylation sites is 1. The molecule has 6 heteroatoms. The van der Waals surface area contributed by atoms with Crippen LogP contribution in [0.2, 0.25) is 0 Å². The van der Waals surface area contributed by atoms with E-state index in [2.05, 4.69) is 15.3 Å². The molecule has 2 aromatic rings. The molecule has 0 saturated heterocycles. The number of carbonyl (C=O) groups excluding carboxylic acids is 1. The van der Waals surface area contributed by atoms with Gasteiger partial charge >= 0.3 is 6.01 Å². The van der Waals surface area contributed by atoms with E-state index in [9.17, 15) is 9.18 Å². The second-order valence-electron chi connectivity index (χ2n) is 4.08. The number of nitrogens with zero attached hydrogens (tertiary/aromatic N) is 2. The predicted molar refractivity (Wildman–Crippen MR) is 72.0 cm³/mol. The van der Waals surface area contributed by atoms with Gasteiger partial charge in [-0.25, -0.2) is 14.4 Å². The van der Waals surface area contributed by atoms with Crippen LogP contribution in [-0.4, -0.2) is 15.9 Å². The van der Waals surface area contributed by atoms with Crippen LogP contribution < -0.4 is 10.1 Å². The third-order valence-corrected chi connectivity index (χ3v) is 2.43. The van der Waals surface area contributed by atoms with Crippen LogP contribution in [-0.2, 0) is 4.79 Å². The lowest BCUT2D eigenvalue weighted by molar-refractivity contribution is -0.116. The molecule has 0 aliphatic rings. The van der Waals surface area contributed by atoms with Crippen molar-refractivity contribution in [3.63, 3.8) is 0 Å². The molecule has 0 atom stereocenters. The molecule has 20 heavy (non-hydrogen) atoms. The largest absolute Gasteiger partial charge is 0.421 e. The van der Waals surface area contributed by atoms with E-state index < -0.39 is 5.82 Å². The van der Waals surface area contributed by atoms with E-state index >= 15 is 0 Å². The first-order valence-corrected chi connectivity index (χ1v) is 6.23. The van der Waals surface area contributed by atoms with Crippen molar-refractivity contribution in [1.29, 1.82) is 0 Å². The Kier molecular flexibility index (Phi) is 4.60. The normalized spacial score (nSPS) is 10.1.